The van der Waals surface area contributed by atoms with Crippen molar-refractivity contribution in [2.75, 3.05) is 19.6 Å². The normalized spacial score (nSPS) is 25.9. The van der Waals surface area contributed by atoms with Gasteiger partial charge in [0.15, 0.2) is 0 Å². The molecule has 1 amide bonds. The zero-order valence-electron chi connectivity index (χ0n) is 12.6. The smallest absolute Gasteiger partial charge is 0.254 e. The summed E-state index contributed by atoms with van der Waals surface area (Å²) in [7, 11) is 0. The van der Waals surface area contributed by atoms with E-state index in [1.807, 2.05) is 12.1 Å². The zero-order chi connectivity index (χ0) is 14.3. The highest BCUT2D eigenvalue weighted by molar-refractivity contribution is 5.94. The lowest BCUT2D eigenvalue weighted by atomic mass is 9.86. The van der Waals surface area contributed by atoms with Crippen molar-refractivity contribution >= 4 is 5.91 Å². The molecule has 0 bridgehead atoms. The predicted octanol–water partition coefficient (Wildman–Crippen LogP) is 2.42. The molecule has 2 saturated heterocycles. The van der Waals surface area contributed by atoms with Crippen molar-refractivity contribution in [2.24, 2.45) is 5.92 Å². The molecule has 2 heterocycles. The Bertz CT molecular complexity index is 501. The molecule has 3 heteroatoms. The van der Waals surface area contributed by atoms with Crippen LogP contribution >= 0.6 is 0 Å². The highest BCUT2D eigenvalue weighted by atomic mass is 16.2. The quantitative estimate of drug-likeness (QED) is 0.851. The molecule has 0 saturated carbocycles. The van der Waals surface area contributed by atoms with Crippen LogP contribution in [-0.4, -0.2) is 36.5 Å². The van der Waals surface area contributed by atoms with E-state index in [4.69, 9.17) is 0 Å². The average Bonchev–Trinajstić information content (AvgIpc) is 2.99. The summed E-state index contributed by atoms with van der Waals surface area (Å²) >= 11 is 0. The number of carbonyl (C=O) groups is 1. The van der Waals surface area contributed by atoms with Crippen LogP contribution in [0.2, 0.25) is 0 Å². The van der Waals surface area contributed by atoms with Gasteiger partial charge in [-0.1, -0.05) is 32.9 Å². The molecule has 3 nitrogen and oxygen atoms in total. The molecule has 2 aliphatic heterocycles. The van der Waals surface area contributed by atoms with Crippen LogP contribution in [0.1, 0.15) is 43.1 Å². The number of likely N-dealkylation sites (tertiary alicyclic amines) is 1. The van der Waals surface area contributed by atoms with Crippen molar-refractivity contribution < 1.29 is 4.79 Å². The van der Waals surface area contributed by atoms with Gasteiger partial charge in [-0.3, -0.25) is 4.79 Å². The van der Waals surface area contributed by atoms with Crippen LogP contribution < -0.4 is 5.32 Å². The number of hydrogen-bond donors (Lipinski definition) is 1. The van der Waals surface area contributed by atoms with Crippen molar-refractivity contribution in [3.05, 3.63) is 35.4 Å². The SMILES string of the molecule is CC(C)(C)c1ccc(C(=O)N2CCC3CNCC32)cc1. The maximum absolute atomic E-state index is 12.6. The Labute approximate surface area is 121 Å². The summed E-state index contributed by atoms with van der Waals surface area (Å²) in [6.45, 7) is 9.52. The minimum absolute atomic E-state index is 0.135. The molecule has 1 aromatic carbocycles. The molecule has 3 rings (SSSR count). The highest BCUT2D eigenvalue weighted by Crippen LogP contribution is 2.29. The Morgan fingerprint density at radius 1 is 1.20 bits per heavy atom. The molecule has 0 aliphatic carbocycles. The first-order chi connectivity index (χ1) is 9.47. The maximum Gasteiger partial charge on any atom is 0.254 e. The standard InChI is InChI=1S/C17H24N2O/c1-17(2,3)14-6-4-12(5-7-14)16(20)19-9-8-13-10-18-11-15(13)19/h4-7,13,15,18H,8-11H2,1-3H3. The van der Waals surface area contributed by atoms with Crippen molar-refractivity contribution in [3.8, 4) is 0 Å². The molecule has 2 aliphatic rings. The first-order valence-electron chi connectivity index (χ1n) is 7.59. The van der Waals surface area contributed by atoms with E-state index in [2.05, 4.69) is 43.1 Å². The van der Waals surface area contributed by atoms with Crippen molar-refractivity contribution in [3.63, 3.8) is 0 Å². The van der Waals surface area contributed by atoms with Gasteiger partial charge in [0.25, 0.3) is 5.91 Å². The van der Waals surface area contributed by atoms with Gasteiger partial charge in [0.05, 0.1) is 0 Å². The Kier molecular flexibility index (Phi) is 3.33. The van der Waals surface area contributed by atoms with Crippen molar-refractivity contribution in [1.82, 2.24) is 10.2 Å². The lowest BCUT2D eigenvalue weighted by Crippen LogP contribution is -2.39. The molecule has 0 radical (unpaired) electrons. The first kappa shape index (κ1) is 13.6. The average molecular weight is 272 g/mol. The summed E-state index contributed by atoms with van der Waals surface area (Å²) in [6, 6.07) is 8.56. The van der Waals surface area contributed by atoms with E-state index in [-0.39, 0.29) is 11.3 Å². The summed E-state index contributed by atoms with van der Waals surface area (Å²) in [5.74, 6) is 0.856. The van der Waals surface area contributed by atoms with Crippen LogP contribution in [0.25, 0.3) is 0 Å². The largest absolute Gasteiger partial charge is 0.334 e. The van der Waals surface area contributed by atoms with E-state index < -0.39 is 0 Å². The van der Waals surface area contributed by atoms with Gasteiger partial charge in [0.1, 0.15) is 0 Å². The second kappa shape index (κ2) is 4.88. The number of fused-ring (bicyclic) bond motifs is 1. The van der Waals surface area contributed by atoms with E-state index in [0.29, 0.717) is 12.0 Å². The molecule has 20 heavy (non-hydrogen) atoms. The van der Waals surface area contributed by atoms with Gasteiger partial charge in [-0.15, -0.1) is 0 Å². The third kappa shape index (κ3) is 2.35. The van der Waals surface area contributed by atoms with Gasteiger partial charge in [-0.05, 0) is 35.4 Å². The molecule has 108 valence electrons. The third-order valence-electron chi connectivity index (χ3n) is 4.70. The molecule has 1 aromatic rings. The van der Waals surface area contributed by atoms with Crippen LogP contribution in [0.5, 0.6) is 0 Å². The van der Waals surface area contributed by atoms with Crippen LogP contribution in [0.4, 0.5) is 0 Å². The first-order valence-corrected chi connectivity index (χ1v) is 7.59. The fourth-order valence-corrected chi connectivity index (χ4v) is 3.38. The predicted molar refractivity (Wildman–Crippen MR) is 80.9 cm³/mol. The number of benzene rings is 1. The van der Waals surface area contributed by atoms with E-state index in [1.54, 1.807) is 0 Å². The van der Waals surface area contributed by atoms with Gasteiger partial charge in [-0.25, -0.2) is 0 Å². The summed E-state index contributed by atoms with van der Waals surface area (Å²) in [4.78, 5) is 14.7. The fraction of sp³-hybridized carbons (Fsp3) is 0.588. The third-order valence-corrected chi connectivity index (χ3v) is 4.70. The van der Waals surface area contributed by atoms with Gasteiger partial charge in [0, 0.05) is 31.2 Å². The molecule has 1 N–H and O–H groups in total. The number of nitrogens with zero attached hydrogens (tertiary/aromatic N) is 1. The fourth-order valence-electron chi connectivity index (χ4n) is 3.38. The summed E-state index contributed by atoms with van der Waals surface area (Å²) < 4.78 is 0. The van der Waals surface area contributed by atoms with Crippen LogP contribution in [0.15, 0.2) is 24.3 Å². The monoisotopic (exact) mass is 272 g/mol. The summed E-state index contributed by atoms with van der Waals surface area (Å²) in [5, 5.41) is 3.40. The van der Waals surface area contributed by atoms with Gasteiger partial charge in [-0.2, -0.15) is 0 Å². The van der Waals surface area contributed by atoms with E-state index in [9.17, 15) is 4.79 Å². The van der Waals surface area contributed by atoms with E-state index in [1.165, 1.54) is 5.56 Å². The Morgan fingerprint density at radius 2 is 1.90 bits per heavy atom. The maximum atomic E-state index is 12.6. The minimum Gasteiger partial charge on any atom is -0.334 e. The molecular formula is C17H24N2O. The molecule has 0 aromatic heterocycles. The topological polar surface area (TPSA) is 32.3 Å². The second-order valence-corrected chi connectivity index (χ2v) is 7.10. The van der Waals surface area contributed by atoms with Crippen molar-refractivity contribution in [2.45, 2.75) is 38.6 Å². The summed E-state index contributed by atoms with van der Waals surface area (Å²) in [6.07, 6.45) is 1.14. The Hall–Kier alpha value is -1.35. The van der Waals surface area contributed by atoms with Crippen molar-refractivity contribution in [1.29, 1.82) is 0 Å². The minimum atomic E-state index is 0.135. The van der Waals surface area contributed by atoms with Gasteiger partial charge in [0.2, 0.25) is 0 Å². The molecule has 0 spiro atoms. The lowest BCUT2D eigenvalue weighted by Gasteiger charge is -2.24. The van der Waals surface area contributed by atoms with E-state index in [0.717, 1.165) is 31.6 Å². The van der Waals surface area contributed by atoms with Crippen LogP contribution in [0, 0.1) is 5.92 Å². The molecule has 2 fully saturated rings. The van der Waals surface area contributed by atoms with E-state index >= 15 is 0 Å². The Balaban J connectivity index is 1.77. The molecule has 2 unspecified atom stereocenters. The van der Waals surface area contributed by atoms with Gasteiger partial charge < -0.3 is 10.2 Å². The highest BCUT2D eigenvalue weighted by Gasteiger charge is 2.40. The second-order valence-electron chi connectivity index (χ2n) is 7.10. The Morgan fingerprint density at radius 3 is 2.55 bits per heavy atom. The van der Waals surface area contributed by atoms with Crippen LogP contribution in [-0.2, 0) is 5.41 Å². The molecular weight excluding hydrogens is 248 g/mol. The van der Waals surface area contributed by atoms with Crippen LogP contribution in [0.3, 0.4) is 0 Å². The molecule has 2 atom stereocenters. The number of carbonyl (C=O) groups excluding carboxylic acids is 1. The number of nitrogens with one attached hydrogen (secondary N) is 1. The number of rotatable bonds is 1. The summed E-state index contributed by atoms with van der Waals surface area (Å²) in [5.41, 5.74) is 2.23. The number of hydrogen-bond acceptors (Lipinski definition) is 2. The number of amides is 1. The zero-order valence-corrected chi connectivity index (χ0v) is 12.6. The lowest BCUT2D eigenvalue weighted by molar-refractivity contribution is 0.0737. The van der Waals surface area contributed by atoms with Gasteiger partial charge >= 0.3 is 0 Å².